The van der Waals surface area contributed by atoms with Crippen molar-refractivity contribution in [1.82, 2.24) is 9.97 Å². The van der Waals surface area contributed by atoms with Crippen molar-refractivity contribution in [2.45, 2.75) is 13.8 Å². The molecule has 1 N–H and O–H groups in total. The molecular formula is C7H7N3OS2. The van der Waals surface area contributed by atoms with Crippen LogP contribution in [-0.2, 0) is 0 Å². The first-order valence-corrected chi connectivity index (χ1v) is 4.33. The maximum atomic E-state index is 10.4. The van der Waals surface area contributed by atoms with E-state index >= 15 is 0 Å². The molecule has 0 unspecified atom stereocenters. The van der Waals surface area contributed by atoms with Gasteiger partial charge in [0.2, 0.25) is 0 Å². The third kappa shape index (κ3) is 2.02. The van der Waals surface area contributed by atoms with E-state index in [-0.39, 0.29) is 10.3 Å². The molecule has 0 saturated carbocycles. The van der Waals surface area contributed by atoms with Crippen LogP contribution in [0.25, 0.3) is 0 Å². The van der Waals surface area contributed by atoms with Crippen LogP contribution in [0.3, 0.4) is 0 Å². The zero-order valence-corrected chi connectivity index (χ0v) is 8.75. The van der Waals surface area contributed by atoms with Gasteiger partial charge in [0.1, 0.15) is 10.3 Å². The van der Waals surface area contributed by atoms with E-state index in [4.69, 9.17) is 24.4 Å². The van der Waals surface area contributed by atoms with Crippen molar-refractivity contribution < 1.29 is 0 Å². The van der Waals surface area contributed by atoms with Crippen molar-refractivity contribution in [3.8, 4) is 0 Å². The lowest BCUT2D eigenvalue weighted by Crippen LogP contribution is -1.77. The maximum absolute atomic E-state index is 10.4. The number of rotatable bonds is 1. The summed E-state index contributed by atoms with van der Waals surface area (Å²) in [5.41, 5.74) is 1.34. The zero-order valence-electron chi connectivity index (χ0n) is 7.12. The van der Waals surface area contributed by atoms with Crippen molar-refractivity contribution in [3.63, 3.8) is 0 Å². The fourth-order valence-electron chi connectivity index (χ4n) is 0.945. The van der Waals surface area contributed by atoms with Crippen LogP contribution in [0.15, 0.2) is 5.18 Å². The number of nitrogens with zero attached hydrogens (tertiary/aromatic N) is 2. The van der Waals surface area contributed by atoms with Gasteiger partial charge in [-0.05, 0) is 19.0 Å². The number of nitrogens with one attached hydrogen (secondary N) is 1. The van der Waals surface area contributed by atoms with Gasteiger partial charge in [-0.25, -0.2) is 4.98 Å². The van der Waals surface area contributed by atoms with Crippen LogP contribution in [0.5, 0.6) is 0 Å². The second kappa shape index (κ2) is 3.80. The molecular weight excluding hydrogens is 206 g/mol. The monoisotopic (exact) mass is 213 g/mol. The maximum Gasteiger partial charge on any atom is 0.161 e. The first-order valence-electron chi connectivity index (χ1n) is 3.51. The van der Waals surface area contributed by atoms with Crippen LogP contribution < -0.4 is 0 Å². The lowest BCUT2D eigenvalue weighted by molar-refractivity contribution is 1.18. The van der Waals surface area contributed by atoms with E-state index in [9.17, 15) is 4.91 Å². The third-order valence-electron chi connectivity index (χ3n) is 1.55. The van der Waals surface area contributed by atoms with Crippen molar-refractivity contribution in [1.29, 1.82) is 0 Å². The van der Waals surface area contributed by atoms with Crippen molar-refractivity contribution in [2.24, 2.45) is 5.18 Å². The summed E-state index contributed by atoms with van der Waals surface area (Å²) < 4.78 is 0.635. The van der Waals surface area contributed by atoms with Crippen LogP contribution in [-0.4, -0.2) is 9.97 Å². The molecule has 1 aromatic rings. The smallest absolute Gasteiger partial charge is 0.161 e. The summed E-state index contributed by atoms with van der Waals surface area (Å²) in [6.07, 6.45) is 0. The minimum absolute atomic E-state index is 0.266. The highest BCUT2D eigenvalue weighted by molar-refractivity contribution is 7.73. The molecule has 0 aliphatic heterocycles. The molecule has 13 heavy (non-hydrogen) atoms. The van der Waals surface area contributed by atoms with Gasteiger partial charge >= 0.3 is 0 Å². The summed E-state index contributed by atoms with van der Waals surface area (Å²) in [4.78, 5) is 17.2. The summed E-state index contributed by atoms with van der Waals surface area (Å²) in [5.74, 6) is 0. The molecule has 68 valence electrons. The molecule has 0 fully saturated rings. The molecule has 1 rings (SSSR count). The predicted octanol–water partition coefficient (Wildman–Crippen LogP) is 2.88. The fourth-order valence-corrected chi connectivity index (χ4v) is 1.33. The molecule has 6 heteroatoms. The second-order valence-electron chi connectivity index (χ2n) is 2.52. The number of H-pyrrole nitrogens is 1. The van der Waals surface area contributed by atoms with Crippen molar-refractivity contribution >= 4 is 30.1 Å². The Hall–Kier alpha value is -1.01. The molecule has 0 aliphatic carbocycles. The van der Waals surface area contributed by atoms with Crippen LogP contribution in [0.1, 0.15) is 11.4 Å². The van der Waals surface area contributed by atoms with Crippen molar-refractivity contribution in [3.05, 3.63) is 25.6 Å². The summed E-state index contributed by atoms with van der Waals surface area (Å²) in [7, 11) is 0. The van der Waals surface area contributed by atoms with Gasteiger partial charge in [0.05, 0.1) is 5.69 Å². The van der Waals surface area contributed by atoms with Gasteiger partial charge in [0, 0.05) is 5.69 Å². The first kappa shape index (κ1) is 10.1. The van der Waals surface area contributed by atoms with Crippen LogP contribution in [0, 0.1) is 28.0 Å². The summed E-state index contributed by atoms with van der Waals surface area (Å²) in [5, 5.41) is 2.86. The van der Waals surface area contributed by atoms with Gasteiger partial charge in [-0.3, -0.25) is 0 Å². The highest BCUT2D eigenvalue weighted by Crippen LogP contribution is 2.17. The van der Waals surface area contributed by atoms with E-state index in [1.54, 1.807) is 13.8 Å². The molecule has 0 aliphatic rings. The van der Waals surface area contributed by atoms with E-state index in [0.717, 1.165) is 0 Å². The Morgan fingerprint density at radius 2 is 2.00 bits per heavy atom. The van der Waals surface area contributed by atoms with Gasteiger partial charge in [-0.15, -0.1) is 4.91 Å². The Balaban J connectivity index is 3.81. The summed E-state index contributed by atoms with van der Waals surface area (Å²) in [6, 6.07) is 0. The van der Waals surface area contributed by atoms with E-state index in [0.29, 0.717) is 16.0 Å². The molecule has 0 aromatic carbocycles. The Morgan fingerprint density at radius 3 is 2.54 bits per heavy atom. The molecule has 0 atom stereocenters. The molecule has 1 heterocycles. The Bertz CT molecular complexity index is 428. The van der Waals surface area contributed by atoms with Crippen LogP contribution in [0.2, 0.25) is 0 Å². The summed E-state index contributed by atoms with van der Waals surface area (Å²) in [6.45, 7) is 3.37. The van der Waals surface area contributed by atoms with E-state index in [1.165, 1.54) is 0 Å². The molecule has 1 aromatic heterocycles. The minimum Gasteiger partial charge on any atom is -0.346 e. The molecule has 0 amide bonds. The lowest BCUT2D eigenvalue weighted by atomic mass is 10.3. The lowest BCUT2D eigenvalue weighted by Gasteiger charge is -1.90. The average molecular weight is 213 g/mol. The molecule has 0 spiro atoms. The molecule has 0 radical (unpaired) electrons. The number of aromatic amines is 1. The number of aryl methyl sites for hydroxylation is 2. The Labute approximate surface area is 85.0 Å². The normalized spacial score (nSPS) is 9.69. The Morgan fingerprint density at radius 1 is 1.38 bits per heavy atom. The van der Waals surface area contributed by atoms with Gasteiger partial charge < -0.3 is 4.98 Å². The van der Waals surface area contributed by atoms with Gasteiger partial charge in [0.25, 0.3) is 0 Å². The number of hydrogen-bond acceptors (Lipinski definition) is 5. The Kier molecular flexibility index (Phi) is 2.94. The number of aromatic nitrogens is 2. The highest BCUT2D eigenvalue weighted by atomic mass is 32.1. The van der Waals surface area contributed by atoms with E-state index in [1.807, 2.05) is 0 Å². The van der Waals surface area contributed by atoms with Crippen LogP contribution >= 0.6 is 24.4 Å². The van der Waals surface area contributed by atoms with Gasteiger partial charge in [-0.1, -0.05) is 24.4 Å². The predicted molar refractivity (Wildman–Crippen MR) is 55.2 cm³/mol. The van der Waals surface area contributed by atoms with Crippen molar-refractivity contribution in [2.75, 3.05) is 0 Å². The third-order valence-corrected chi connectivity index (χ3v) is 2.27. The standard InChI is InChI=1S/C7H7N3OS2/c1-3-5(10-11)4(2)9-7(13)6(12)8-3/h1-2H3,(H,8,9,12,13). The number of nitroso groups, excluding NO2 is 1. The first-order chi connectivity index (χ1) is 6.06. The molecule has 4 nitrogen and oxygen atoms in total. The molecule has 0 saturated heterocycles. The van der Waals surface area contributed by atoms with Gasteiger partial charge in [0.15, 0.2) is 4.64 Å². The minimum atomic E-state index is 0.266. The SMILES string of the molecule is Cc1nc(=S)c(=S)[nH]c(C)c1N=O. The average Bonchev–Trinajstić information content (AvgIpc) is 2.11. The van der Waals surface area contributed by atoms with E-state index in [2.05, 4.69) is 15.1 Å². The molecule has 0 bridgehead atoms. The largest absolute Gasteiger partial charge is 0.346 e. The number of hydrogen-bond donors (Lipinski definition) is 1. The summed E-state index contributed by atoms with van der Waals surface area (Å²) >= 11 is 9.79. The second-order valence-corrected chi connectivity index (χ2v) is 3.32. The topological polar surface area (TPSA) is 58.1 Å². The quantitative estimate of drug-likeness (QED) is 0.575. The van der Waals surface area contributed by atoms with Gasteiger partial charge in [-0.2, -0.15) is 0 Å². The fraction of sp³-hybridized carbons (Fsp3) is 0.286. The zero-order chi connectivity index (χ0) is 10.0. The highest BCUT2D eigenvalue weighted by Gasteiger charge is 2.02. The van der Waals surface area contributed by atoms with Crippen LogP contribution in [0.4, 0.5) is 5.69 Å². The van der Waals surface area contributed by atoms with E-state index < -0.39 is 0 Å².